The predicted octanol–water partition coefficient (Wildman–Crippen LogP) is 5.48. The first-order valence-corrected chi connectivity index (χ1v) is 14.0. The number of alkyl halides is 3. The molecule has 0 aromatic carbocycles. The number of carbonyl (C=O) groups excluding carboxylic acids is 1. The lowest BCUT2D eigenvalue weighted by molar-refractivity contribution is -0.142. The van der Waals surface area contributed by atoms with Crippen molar-refractivity contribution in [2.24, 2.45) is 16.7 Å². The SMILES string of the molecule is CC1(C(Cc2ccc(C(F)(F)F)nc2)N2CCN(C(=O)CC3CCNCC3)[C@@H](C(C)(C)C)C2)C=CC=CC1. The van der Waals surface area contributed by atoms with Gasteiger partial charge < -0.3 is 10.2 Å². The van der Waals surface area contributed by atoms with Crippen LogP contribution >= 0.6 is 0 Å². The third-order valence-electron chi connectivity index (χ3n) is 8.68. The number of nitrogens with one attached hydrogen (secondary N) is 1. The fourth-order valence-corrected chi connectivity index (χ4v) is 6.28. The van der Waals surface area contributed by atoms with E-state index in [0.717, 1.165) is 57.1 Å². The smallest absolute Gasteiger partial charge is 0.337 e. The highest BCUT2D eigenvalue weighted by molar-refractivity contribution is 5.77. The number of rotatable bonds is 6. The maximum Gasteiger partial charge on any atom is 0.433 e. The molecule has 210 valence electrons. The lowest BCUT2D eigenvalue weighted by Gasteiger charge is -2.52. The molecule has 4 rings (SSSR count). The zero-order valence-corrected chi connectivity index (χ0v) is 23.2. The highest BCUT2D eigenvalue weighted by Crippen LogP contribution is 2.39. The van der Waals surface area contributed by atoms with E-state index in [1.807, 2.05) is 6.08 Å². The van der Waals surface area contributed by atoms with E-state index in [9.17, 15) is 18.0 Å². The summed E-state index contributed by atoms with van der Waals surface area (Å²) in [7, 11) is 0. The number of hydrogen-bond acceptors (Lipinski definition) is 4. The number of carbonyl (C=O) groups is 1. The maximum absolute atomic E-state index is 13.5. The quantitative estimate of drug-likeness (QED) is 0.527. The van der Waals surface area contributed by atoms with Gasteiger partial charge in [0.15, 0.2) is 0 Å². The normalized spacial score (nSPS) is 26.5. The number of halogens is 3. The summed E-state index contributed by atoms with van der Waals surface area (Å²) in [5.41, 5.74) is -0.352. The Balaban J connectivity index is 1.56. The van der Waals surface area contributed by atoms with Crippen molar-refractivity contribution in [3.05, 3.63) is 53.9 Å². The van der Waals surface area contributed by atoms with Crippen LogP contribution in [0.5, 0.6) is 0 Å². The molecule has 2 fully saturated rings. The van der Waals surface area contributed by atoms with Crippen LogP contribution in [0.1, 0.15) is 64.6 Å². The summed E-state index contributed by atoms with van der Waals surface area (Å²) < 4.78 is 39.3. The number of piperazine rings is 1. The molecule has 0 radical (unpaired) electrons. The van der Waals surface area contributed by atoms with E-state index in [0.29, 0.717) is 25.3 Å². The Hall–Kier alpha value is -2.19. The average molecular weight is 533 g/mol. The highest BCUT2D eigenvalue weighted by Gasteiger charge is 2.44. The molecule has 5 nitrogen and oxygen atoms in total. The van der Waals surface area contributed by atoms with Crippen LogP contribution < -0.4 is 5.32 Å². The number of hydrogen-bond donors (Lipinski definition) is 1. The molecule has 0 bridgehead atoms. The Kier molecular flexibility index (Phi) is 8.72. The molecule has 3 atom stereocenters. The standard InChI is InChI=1S/C30H43F3N4O/c1-28(2,3)26-21-36(16-17-37(26)27(38)19-22-10-14-34-15-11-22)25(29(4)12-6-5-7-13-29)18-23-8-9-24(35-20-23)30(31,32)33/h5-9,12,20,22,25-26,34H,10-11,13-19,21H2,1-4H3/t25?,26-,29?/m1/s1. The fraction of sp³-hybridized carbons (Fsp3) is 0.667. The van der Waals surface area contributed by atoms with E-state index < -0.39 is 11.9 Å². The number of allylic oxidation sites excluding steroid dienone is 3. The topological polar surface area (TPSA) is 48.5 Å². The summed E-state index contributed by atoms with van der Waals surface area (Å²) in [4.78, 5) is 21.9. The van der Waals surface area contributed by atoms with Gasteiger partial charge in [0.2, 0.25) is 5.91 Å². The summed E-state index contributed by atoms with van der Waals surface area (Å²) in [6, 6.07) is 2.77. The fourth-order valence-electron chi connectivity index (χ4n) is 6.28. The molecule has 1 aromatic heterocycles. The van der Waals surface area contributed by atoms with Crippen molar-refractivity contribution in [2.45, 2.75) is 78.1 Å². The van der Waals surface area contributed by atoms with E-state index in [1.165, 1.54) is 6.20 Å². The molecule has 3 heterocycles. The van der Waals surface area contributed by atoms with Crippen LogP contribution in [0.2, 0.25) is 0 Å². The first kappa shape index (κ1) is 28.8. The van der Waals surface area contributed by atoms with E-state index in [2.05, 4.69) is 66.0 Å². The van der Waals surface area contributed by atoms with Crippen molar-refractivity contribution in [2.75, 3.05) is 32.7 Å². The number of piperidine rings is 1. The van der Waals surface area contributed by atoms with Crippen LogP contribution in [0.25, 0.3) is 0 Å². The molecule has 0 spiro atoms. The third kappa shape index (κ3) is 6.87. The second-order valence-corrected chi connectivity index (χ2v) is 12.6. The van der Waals surface area contributed by atoms with E-state index in [-0.39, 0.29) is 28.8 Å². The summed E-state index contributed by atoms with van der Waals surface area (Å²) in [5, 5.41) is 3.38. The number of amides is 1. The lowest BCUT2D eigenvalue weighted by Crippen LogP contribution is -2.63. The molecule has 2 saturated heterocycles. The number of aromatic nitrogens is 1. The minimum absolute atomic E-state index is 0.0606. The average Bonchev–Trinajstić information content (AvgIpc) is 2.87. The zero-order chi connectivity index (χ0) is 27.6. The van der Waals surface area contributed by atoms with Crippen LogP contribution in [0.4, 0.5) is 13.2 Å². The van der Waals surface area contributed by atoms with Gasteiger partial charge in [0.05, 0.1) is 0 Å². The van der Waals surface area contributed by atoms with Crippen molar-refractivity contribution in [3.8, 4) is 0 Å². The van der Waals surface area contributed by atoms with E-state index >= 15 is 0 Å². The molecule has 1 aliphatic carbocycles. The van der Waals surface area contributed by atoms with Gasteiger partial charge in [-0.1, -0.05) is 58.1 Å². The van der Waals surface area contributed by atoms with E-state index in [4.69, 9.17) is 0 Å². The Bertz CT molecular complexity index is 1010. The number of pyridine rings is 1. The molecule has 2 unspecified atom stereocenters. The Labute approximate surface area is 225 Å². The van der Waals surface area contributed by atoms with Crippen LogP contribution in [0, 0.1) is 16.7 Å². The molecule has 0 saturated carbocycles. The molecule has 8 heteroatoms. The molecule has 1 aromatic rings. The van der Waals surface area contributed by atoms with Crippen LogP contribution in [-0.2, 0) is 17.4 Å². The zero-order valence-electron chi connectivity index (χ0n) is 23.2. The highest BCUT2D eigenvalue weighted by atomic mass is 19.4. The van der Waals surface area contributed by atoms with Crippen molar-refractivity contribution in [3.63, 3.8) is 0 Å². The van der Waals surface area contributed by atoms with Gasteiger partial charge >= 0.3 is 6.18 Å². The molecule has 38 heavy (non-hydrogen) atoms. The summed E-state index contributed by atoms with van der Waals surface area (Å²) >= 11 is 0. The summed E-state index contributed by atoms with van der Waals surface area (Å²) in [6.07, 6.45) is 9.61. The van der Waals surface area contributed by atoms with Gasteiger partial charge in [-0.3, -0.25) is 14.7 Å². The molecule has 1 N–H and O–H groups in total. The minimum Gasteiger partial charge on any atom is -0.337 e. The summed E-state index contributed by atoms with van der Waals surface area (Å²) in [6.45, 7) is 13.0. The Morgan fingerprint density at radius 2 is 1.89 bits per heavy atom. The van der Waals surface area contributed by atoms with E-state index in [1.54, 1.807) is 6.07 Å². The van der Waals surface area contributed by atoms with Gasteiger partial charge in [0.25, 0.3) is 0 Å². The first-order chi connectivity index (χ1) is 17.9. The van der Waals surface area contributed by atoms with Crippen molar-refractivity contribution in [1.82, 2.24) is 20.1 Å². The predicted molar refractivity (Wildman–Crippen MR) is 144 cm³/mol. The van der Waals surface area contributed by atoms with Gasteiger partial charge in [-0.2, -0.15) is 13.2 Å². The molecule has 2 aliphatic heterocycles. The van der Waals surface area contributed by atoms with Crippen molar-refractivity contribution in [1.29, 1.82) is 0 Å². The monoisotopic (exact) mass is 532 g/mol. The van der Waals surface area contributed by atoms with Crippen LogP contribution in [0.15, 0.2) is 42.6 Å². The summed E-state index contributed by atoms with van der Waals surface area (Å²) in [5.74, 6) is 0.701. The molecular weight excluding hydrogens is 489 g/mol. The van der Waals surface area contributed by atoms with Crippen molar-refractivity contribution >= 4 is 5.91 Å². The Morgan fingerprint density at radius 3 is 2.47 bits per heavy atom. The van der Waals surface area contributed by atoms with Gasteiger partial charge in [0, 0.05) is 49.8 Å². The van der Waals surface area contributed by atoms with Crippen LogP contribution in [0.3, 0.4) is 0 Å². The second kappa shape index (κ2) is 11.5. The van der Waals surface area contributed by atoms with Gasteiger partial charge in [-0.05, 0) is 61.7 Å². The number of nitrogens with zero attached hydrogens (tertiary/aromatic N) is 3. The third-order valence-corrected chi connectivity index (χ3v) is 8.68. The lowest BCUT2D eigenvalue weighted by atomic mass is 9.73. The van der Waals surface area contributed by atoms with Crippen molar-refractivity contribution < 1.29 is 18.0 Å². The minimum atomic E-state index is -4.45. The molecular formula is C30H43F3N4O. The van der Waals surface area contributed by atoms with Gasteiger partial charge in [0.1, 0.15) is 5.69 Å². The largest absolute Gasteiger partial charge is 0.433 e. The van der Waals surface area contributed by atoms with Gasteiger partial charge in [-0.15, -0.1) is 0 Å². The van der Waals surface area contributed by atoms with Crippen LogP contribution in [-0.4, -0.2) is 65.5 Å². The molecule has 3 aliphatic rings. The van der Waals surface area contributed by atoms with Gasteiger partial charge in [-0.25, -0.2) is 0 Å². The first-order valence-electron chi connectivity index (χ1n) is 14.0. The Morgan fingerprint density at radius 1 is 1.16 bits per heavy atom. The second-order valence-electron chi connectivity index (χ2n) is 12.6. The maximum atomic E-state index is 13.5. The molecule has 1 amide bonds.